The maximum absolute atomic E-state index is 11.4. The largest absolute Gasteiger partial charge is 0.370 e. The van der Waals surface area contributed by atoms with E-state index in [1.54, 1.807) is 0 Å². The average Bonchev–Trinajstić information content (AvgIpc) is 2.93. The Labute approximate surface area is 155 Å². The molecular formula is C19H30N6O. The predicted molar refractivity (Wildman–Crippen MR) is 103 cm³/mol. The molecule has 3 heterocycles. The van der Waals surface area contributed by atoms with Crippen LogP contribution in [0.25, 0.3) is 5.65 Å². The highest BCUT2D eigenvalue weighted by Gasteiger charge is 2.23. The summed E-state index contributed by atoms with van der Waals surface area (Å²) in [7, 11) is 0. The van der Waals surface area contributed by atoms with Crippen LogP contribution >= 0.6 is 0 Å². The minimum absolute atomic E-state index is 0.0127. The number of primary amides is 1. The highest BCUT2D eigenvalue weighted by molar-refractivity contribution is 5.76. The Hall–Kier alpha value is -2.15. The van der Waals surface area contributed by atoms with E-state index in [2.05, 4.69) is 35.2 Å². The molecule has 3 rings (SSSR count). The summed E-state index contributed by atoms with van der Waals surface area (Å²) in [6.07, 6.45) is 3.89. The Balaban J connectivity index is 1.60. The molecule has 7 nitrogen and oxygen atoms in total. The number of nitrogens with zero attached hydrogens (tertiary/aromatic N) is 4. The van der Waals surface area contributed by atoms with Crippen LogP contribution in [0.4, 0.5) is 5.82 Å². The third-order valence-corrected chi connectivity index (χ3v) is 5.34. The summed E-state index contributed by atoms with van der Waals surface area (Å²) >= 11 is 0. The summed E-state index contributed by atoms with van der Waals surface area (Å²) in [6.45, 7) is 9.89. The van der Waals surface area contributed by atoms with E-state index in [1.807, 2.05) is 11.4 Å². The fraction of sp³-hybridized carbons (Fsp3) is 0.632. The predicted octanol–water partition coefficient (Wildman–Crippen LogP) is 1.91. The molecule has 0 aliphatic carbocycles. The number of likely N-dealkylation sites (tertiary alicyclic amines) is 1. The third-order valence-electron chi connectivity index (χ3n) is 5.34. The molecule has 1 amide bonds. The highest BCUT2D eigenvalue weighted by Crippen LogP contribution is 2.19. The van der Waals surface area contributed by atoms with Crippen molar-refractivity contribution in [2.24, 2.45) is 11.7 Å². The number of hydrogen-bond acceptors (Lipinski definition) is 5. The number of hydrogen-bond donors (Lipinski definition) is 2. The van der Waals surface area contributed by atoms with Crippen molar-refractivity contribution in [2.45, 2.75) is 46.5 Å². The fourth-order valence-corrected chi connectivity index (χ4v) is 3.60. The van der Waals surface area contributed by atoms with Gasteiger partial charge in [0.15, 0.2) is 5.65 Å². The van der Waals surface area contributed by atoms with E-state index in [0.29, 0.717) is 0 Å². The lowest BCUT2D eigenvalue weighted by Crippen LogP contribution is -2.41. The number of rotatable bonds is 7. The lowest BCUT2D eigenvalue weighted by atomic mass is 9.97. The van der Waals surface area contributed by atoms with Gasteiger partial charge in [-0.15, -0.1) is 0 Å². The van der Waals surface area contributed by atoms with E-state index >= 15 is 0 Å². The number of fused-ring (bicyclic) bond motifs is 1. The molecule has 0 saturated carbocycles. The topological polar surface area (TPSA) is 88.5 Å². The number of aromatic nitrogens is 3. The van der Waals surface area contributed by atoms with Crippen LogP contribution in [0.5, 0.6) is 0 Å². The minimum Gasteiger partial charge on any atom is -0.370 e. The van der Waals surface area contributed by atoms with Crippen LogP contribution < -0.4 is 11.1 Å². The van der Waals surface area contributed by atoms with Gasteiger partial charge in [-0.25, -0.2) is 4.98 Å². The lowest BCUT2D eigenvalue weighted by molar-refractivity contribution is -0.123. The maximum Gasteiger partial charge on any atom is 0.221 e. The van der Waals surface area contributed by atoms with Crippen LogP contribution in [-0.2, 0) is 11.2 Å². The van der Waals surface area contributed by atoms with Crippen molar-refractivity contribution in [1.82, 2.24) is 19.5 Å². The van der Waals surface area contributed by atoms with E-state index in [4.69, 9.17) is 10.7 Å². The molecule has 0 aromatic carbocycles. The molecule has 1 unspecified atom stereocenters. The van der Waals surface area contributed by atoms with Crippen LogP contribution in [0, 0.1) is 19.8 Å². The molecule has 0 bridgehead atoms. The first kappa shape index (κ1) is 18.6. The number of anilines is 1. The standard InChI is InChI=1S/C19H30N6O/c1-4-16-11-17(25-19(22-16)13(2)14(3)23-25)21-8-6-10-24-9-5-7-15(12-24)18(20)26/h11,15,21H,4-10,12H2,1-3H3,(H2,20,26). The van der Waals surface area contributed by atoms with Gasteiger partial charge in [-0.2, -0.15) is 9.61 Å². The summed E-state index contributed by atoms with van der Waals surface area (Å²) in [4.78, 5) is 18.5. The van der Waals surface area contributed by atoms with Crippen molar-refractivity contribution in [3.63, 3.8) is 0 Å². The summed E-state index contributed by atoms with van der Waals surface area (Å²) in [5.74, 6) is 0.846. The molecule has 1 fully saturated rings. The summed E-state index contributed by atoms with van der Waals surface area (Å²) in [5.41, 5.74) is 9.62. The van der Waals surface area contributed by atoms with Gasteiger partial charge in [-0.3, -0.25) is 4.79 Å². The van der Waals surface area contributed by atoms with Crippen molar-refractivity contribution < 1.29 is 4.79 Å². The SMILES string of the molecule is CCc1cc(NCCCN2CCCC(C(N)=O)C2)n2nc(C)c(C)c2n1. The fourth-order valence-electron chi connectivity index (χ4n) is 3.60. The second-order valence-electron chi connectivity index (χ2n) is 7.25. The number of amides is 1. The van der Waals surface area contributed by atoms with Crippen LogP contribution in [0.2, 0.25) is 0 Å². The van der Waals surface area contributed by atoms with Crippen LogP contribution in [0.3, 0.4) is 0 Å². The van der Waals surface area contributed by atoms with Crippen LogP contribution in [0.1, 0.15) is 43.1 Å². The second-order valence-corrected chi connectivity index (χ2v) is 7.25. The highest BCUT2D eigenvalue weighted by atomic mass is 16.1. The summed E-state index contributed by atoms with van der Waals surface area (Å²) in [5, 5.41) is 8.13. The van der Waals surface area contributed by atoms with Gasteiger partial charge < -0.3 is 16.0 Å². The Morgan fingerprint density at radius 2 is 2.23 bits per heavy atom. The molecule has 1 aliphatic heterocycles. The van der Waals surface area contributed by atoms with E-state index in [0.717, 1.165) is 80.3 Å². The molecular weight excluding hydrogens is 328 g/mol. The molecule has 2 aromatic rings. The zero-order valence-corrected chi connectivity index (χ0v) is 16.1. The molecule has 7 heteroatoms. The molecule has 0 radical (unpaired) electrons. The van der Waals surface area contributed by atoms with Gasteiger partial charge in [-0.05, 0) is 52.6 Å². The van der Waals surface area contributed by atoms with Gasteiger partial charge in [0.05, 0.1) is 11.6 Å². The molecule has 1 aliphatic rings. The van der Waals surface area contributed by atoms with Gasteiger partial charge in [0.1, 0.15) is 5.82 Å². The molecule has 142 valence electrons. The van der Waals surface area contributed by atoms with Gasteiger partial charge in [0.2, 0.25) is 5.91 Å². The number of nitrogens with one attached hydrogen (secondary N) is 1. The van der Waals surface area contributed by atoms with Crippen molar-refractivity contribution in [2.75, 3.05) is 31.5 Å². The molecule has 1 saturated heterocycles. The molecule has 3 N–H and O–H groups in total. The van der Waals surface area contributed by atoms with Crippen molar-refractivity contribution in [3.05, 3.63) is 23.0 Å². The maximum atomic E-state index is 11.4. The quantitative estimate of drug-likeness (QED) is 0.738. The van der Waals surface area contributed by atoms with Crippen molar-refractivity contribution >= 4 is 17.4 Å². The van der Waals surface area contributed by atoms with Gasteiger partial charge in [0, 0.05) is 30.4 Å². The normalized spacial score (nSPS) is 18.3. The van der Waals surface area contributed by atoms with Gasteiger partial charge in [0.25, 0.3) is 0 Å². The third kappa shape index (κ3) is 3.98. The Bertz CT molecular complexity index is 784. The number of carbonyl (C=O) groups is 1. The summed E-state index contributed by atoms with van der Waals surface area (Å²) in [6, 6.07) is 2.09. The van der Waals surface area contributed by atoms with Crippen molar-refractivity contribution in [3.8, 4) is 0 Å². The minimum atomic E-state index is -0.163. The number of aryl methyl sites for hydroxylation is 3. The number of piperidine rings is 1. The first-order valence-electron chi connectivity index (χ1n) is 9.61. The molecule has 0 spiro atoms. The molecule has 1 atom stereocenters. The lowest BCUT2D eigenvalue weighted by Gasteiger charge is -2.31. The summed E-state index contributed by atoms with van der Waals surface area (Å²) < 4.78 is 1.91. The Morgan fingerprint density at radius 1 is 1.42 bits per heavy atom. The van der Waals surface area contributed by atoms with Gasteiger partial charge in [-0.1, -0.05) is 6.92 Å². The zero-order valence-electron chi connectivity index (χ0n) is 16.1. The monoisotopic (exact) mass is 358 g/mol. The smallest absolute Gasteiger partial charge is 0.221 e. The first-order chi connectivity index (χ1) is 12.5. The Kier molecular flexibility index (Phi) is 5.76. The Morgan fingerprint density at radius 3 is 2.96 bits per heavy atom. The van der Waals surface area contributed by atoms with E-state index in [9.17, 15) is 4.79 Å². The molecule has 2 aromatic heterocycles. The van der Waals surface area contributed by atoms with Crippen LogP contribution in [-0.4, -0.2) is 51.6 Å². The molecule has 26 heavy (non-hydrogen) atoms. The number of nitrogens with two attached hydrogens (primary N) is 1. The van der Waals surface area contributed by atoms with Gasteiger partial charge >= 0.3 is 0 Å². The number of carbonyl (C=O) groups excluding carboxylic acids is 1. The van der Waals surface area contributed by atoms with Crippen molar-refractivity contribution in [1.29, 1.82) is 0 Å². The van der Waals surface area contributed by atoms with E-state index < -0.39 is 0 Å². The van der Waals surface area contributed by atoms with E-state index in [1.165, 1.54) is 0 Å². The second kappa shape index (κ2) is 8.03. The zero-order chi connectivity index (χ0) is 18.7. The first-order valence-corrected chi connectivity index (χ1v) is 9.61. The van der Waals surface area contributed by atoms with Crippen LogP contribution in [0.15, 0.2) is 6.07 Å². The average molecular weight is 358 g/mol. The van der Waals surface area contributed by atoms with E-state index in [-0.39, 0.29) is 11.8 Å².